The number of hydrogen-bond donors (Lipinski definition) is 1. The first-order chi connectivity index (χ1) is 17.5. The molecule has 0 atom stereocenters. The van der Waals surface area contributed by atoms with Crippen molar-refractivity contribution >= 4 is 45.9 Å². The SMILES string of the molecule is Cc1cc(NC(=O)CSc2nnc(N3CCN(C(=O)c4ccc(-c5ccccc5)cc4)CC3)s2)no1. The molecule has 2 aromatic heterocycles. The Labute approximate surface area is 216 Å². The molecule has 1 saturated heterocycles. The van der Waals surface area contributed by atoms with E-state index in [1.807, 2.05) is 47.4 Å². The van der Waals surface area contributed by atoms with Crippen LogP contribution in [0.15, 0.2) is 69.5 Å². The lowest BCUT2D eigenvalue weighted by molar-refractivity contribution is -0.113. The summed E-state index contributed by atoms with van der Waals surface area (Å²) in [6.45, 7) is 4.35. The fourth-order valence-corrected chi connectivity index (χ4v) is 5.53. The Morgan fingerprint density at radius 3 is 2.42 bits per heavy atom. The number of thioether (sulfide) groups is 1. The van der Waals surface area contributed by atoms with Gasteiger partial charge < -0.3 is 19.6 Å². The van der Waals surface area contributed by atoms with Gasteiger partial charge in [-0.1, -0.05) is 70.7 Å². The molecule has 4 aromatic rings. The molecule has 9 nitrogen and oxygen atoms in total. The standard InChI is InChI=1S/C25H24N6O3S2/c1-17-15-21(29-34-17)26-22(32)16-35-25-28-27-24(36-25)31-13-11-30(12-14-31)23(33)20-9-7-19(8-10-20)18-5-3-2-4-6-18/h2-10,15H,11-14,16H2,1H3,(H,26,29,32). The van der Waals surface area contributed by atoms with Crippen LogP contribution in [0.3, 0.4) is 0 Å². The zero-order valence-corrected chi connectivity index (χ0v) is 21.2. The van der Waals surface area contributed by atoms with Gasteiger partial charge in [0.05, 0.1) is 5.75 Å². The van der Waals surface area contributed by atoms with Gasteiger partial charge in [-0.2, -0.15) is 0 Å². The first-order valence-corrected chi connectivity index (χ1v) is 13.2. The van der Waals surface area contributed by atoms with Gasteiger partial charge in [0.2, 0.25) is 11.0 Å². The molecule has 2 aromatic carbocycles. The van der Waals surface area contributed by atoms with Gasteiger partial charge >= 0.3 is 0 Å². The number of carbonyl (C=O) groups excluding carboxylic acids is 2. The van der Waals surface area contributed by atoms with Crippen LogP contribution in [0.4, 0.5) is 10.9 Å². The average molecular weight is 521 g/mol. The molecular formula is C25H24N6O3S2. The van der Waals surface area contributed by atoms with Crippen molar-refractivity contribution in [1.29, 1.82) is 0 Å². The molecule has 0 radical (unpaired) electrons. The normalized spacial score (nSPS) is 13.6. The lowest BCUT2D eigenvalue weighted by Crippen LogP contribution is -2.48. The Morgan fingerprint density at radius 2 is 1.72 bits per heavy atom. The quantitative estimate of drug-likeness (QED) is 0.362. The molecule has 2 amide bonds. The monoisotopic (exact) mass is 520 g/mol. The van der Waals surface area contributed by atoms with Crippen LogP contribution in [0.2, 0.25) is 0 Å². The summed E-state index contributed by atoms with van der Waals surface area (Å²) in [4.78, 5) is 29.1. The molecule has 11 heteroatoms. The Hall–Kier alpha value is -3.70. The molecule has 5 rings (SSSR count). The second-order valence-corrected chi connectivity index (χ2v) is 10.4. The number of carbonyl (C=O) groups is 2. The molecule has 1 fully saturated rings. The molecule has 0 spiro atoms. The number of anilines is 2. The average Bonchev–Trinajstić information content (AvgIpc) is 3.56. The third-order valence-corrected chi connectivity index (χ3v) is 7.81. The number of aromatic nitrogens is 3. The topological polar surface area (TPSA) is 104 Å². The molecule has 0 unspecified atom stereocenters. The number of amides is 2. The smallest absolute Gasteiger partial charge is 0.253 e. The van der Waals surface area contributed by atoms with Gasteiger partial charge in [-0.25, -0.2) is 0 Å². The van der Waals surface area contributed by atoms with Gasteiger partial charge in [-0.05, 0) is 30.2 Å². The number of piperazine rings is 1. The Morgan fingerprint density at radius 1 is 1.00 bits per heavy atom. The van der Waals surface area contributed by atoms with E-state index < -0.39 is 0 Å². The largest absolute Gasteiger partial charge is 0.360 e. The number of aryl methyl sites for hydroxylation is 1. The zero-order chi connectivity index (χ0) is 24.9. The van der Waals surface area contributed by atoms with Gasteiger partial charge in [0.15, 0.2) is 10.2 Å². The van der Waals surface area contributed by atoms with E-state index in [9.17, 15) is 9.59 Å². The molecule has 184 valence electrons. The molecule has 0 bridgehead atoms. The second kappa shape index (κ2) is 10.9. The van der Waals surface area contributed by atoms with Crippen LogP contribution in [-0.4, -0.2) is 64.0 Å². The van der Waals surface area contributed by atoms with Crippen LogP contribution in [-0.2, 0) is 4.79 Å². The number of nitrogens with one attached hydrogen (secondary N) is 1. The molecule has 0 aliphatic carbocycles. The third-order valence-electron chi connectivity index (χ3n) is 5.69. The van der Waals surface area contributed by atoms with Crippen LogP contribution in [0.25, 0.3) is 11.1 Å². The summed E-state index contributed by atoms with van der Waals surface area (Å²) < 4.78 is 5.66. The number of benzene rings is 2. The molecule has 1 N–H and O–H groups in total. The molecule has 0 saturated carbocycles. The first-order valence-electron chi connectivity index (χ1n) is 11.4. The zero-order valence-electron chi connectivity index (χ0n) is 19.6. The first kappa shape index (κ1) is 24.0. The fourth-order valence-electron chi connectivity index (χ4n) is 3.84. The highest BCUT2D eigenvalue weighted by Gasteiger charge is 2.24. The summed E-state index contributed by atoms with van der Waals surface area (Å²) in [5, 5.41) is 15.7. The van der Waals surface area contributed by atoms with E-state index in [0.29, 0.717) is 47.7 Å². The highest BCUT2D eigenvalue weighted by Crippen LogP contribution is 2.29. The van der Waals surface area contributed by atoms with Gasteiger partial charge in [0.25, 0.3) is 5.91 Å². The minimum atomic E-state index is -0.186. The molecular weight excluding hydrogens is 496 g/mol. The Bertz CT molecular complexity index is 1330. The second-order valence-electron chi connectivity index (χ2n) is 8.23. The summed E-state index contributed by atoms with van der Waals surface area (Å²) in [5.41, 5.74) is 2.91. The number of hydrogen-bond acceptors (Lipinski definition) is 9. The summed E-state index contributed by atoms with van der Waals surface area (Å²) in [5.74, 6) is 1.08. The van der Waals surface area contributed by atoms with Crippen molar-refractivity contribution in [2.45, 2.75) is 11.3 Å². The van der Waals surface area contributed by atoms with Crippen molar-refractivity contribution < 1.29 is 14.1 Å². The van der Waals surface area contributed by atoms with E-state index >= 15 is 0 Å². The van der Waals surface area contributed by atoms with E-state index in [1.54, 1.807) is 13.0 Å². The highest BCUT2D eigenvalue weighted by atomic mass is 32.2. The van der Waals surface area contributed by atoms with Gasteiger partial charge in [-0.3, -0.25) is 9.59 Å². The summed E-state index contributed by atoms with van der Waals surface area (Å²) in [7, 11) is 0. The Kier molecular flexibility index (Phi) is 7.28. The predicted molar refractivity (Wildman–Crippen MR) is 140 cm³/mol. The van der Waals surface area contributed by atoms with E-state index in [1.165, 1.54) is 23.1 Å². The van der Waals surface area contributed by atoms with E-state index in [0.717, 1.165) is 16.3 Å². The van der Waals surface area contributed by atoms with Crippen LogP contribution >= 0.6 is 23.1 Å². The Balaban J connectivity index is 1.10. The van der Waals surface area contributed by atoms with Gasteiger partial charge in [-0.15, -0.1) is 10.2 Å². The summed E-state index contributed by atoms with van der Waals surface area (Å²) >= 11 is 2.77. The predicted octanol–water partition coefficient (Wildman–Crippen LogP) is 4.19. The number of rotatable bonds is 7. The maximum absolute atomic E-state index is 13.0. The van der Waals surface area contributed by atoms with E-state index in [4.69, 9.17) is 4.52 Å². The molecule has 1 aliphatic heterocycles. The fraction of sp³-hybridized carbons (Fsp3) is 0.240. The van der Waals surface area contributed by atoms with Gasteiger partial charge in [0, 0.05) is 37.8 Å². The lowest BCUT2D eigenvalue weighted by Gasteiger charge is -2.34. The van der Waals surface area contributed by atoms with E-state index in [-0.39, 0.29) is 17.6 Å². The van der Waals surface area contributed by atoms with Crippen molar-refractivity contribution in [3.8, 4) is 11.1 Å². The minimum absolute atomic E-state index is 0.0380. The van der Waals surface area contributed by atoms with Crippen LogP contribution in [0.1, 0.15) is 16.1 Å². The minimum Gasteiger partial charge on any atom is -0.360 e. The highest BCUT2D eigenvalue weighted by molar-refractivity contribution is 8.01. The van der Waals surface area contributed by atoms with Crippen LogP contribution in [0, 0.1) is 6.92 Å². The van der Waals surface area contributed by atoms with Crippen LogP contribution in [0.5, 0.6) is 0 Å². The van der Waals surface area contributed by atoms with Crippen molar-refractivity contribution in [1.82, 2.24) is 20.3 Å². The van der Waals surface area contributed by atoms with Crippen molar-refractivity contribution in [2.24, 2.45) is 0 Å². The molecule has 1 aliphatic rings. The third kappa shape index (κ3) is 5.74. The molecule has 3 heterocycles. The molecule has 36 heavy (non-hydrogen) atoms. The van der Waals surface area contributed by atoms with Crippen LogP contribution < -0.4 is 10.2 Å². The maximum atomic E-state index is 13.0. The lowest BCUT2D eigenvalue weighted by atomic mass is 10.0. The number of nitrogens with zero attached hydrogens (tertiary/aromatic N) is 5. The van der Waals surface area contributed by atoms with Crippen molar-refractivity contribution in [3.63, 3.8) is 0 Å². The maximum Gasteiger partial charge on any atom is 0.253 e. The van der Waals surface area contributed by atoms with Gasteiger partial charge in [0.1, 0.15) is 5.76 Å². The summed E-state index contributed by atoms with van der Waals surface area (Å²) in [6, 6.07) is 19.6. The van der Waals surface area contributed by atoms with E-state index in [2.05, 4.69) is 37.7 Å². The summed E-state index contributed by atoms with van der Waals surface area (Å²) in [6.07, 6.45) is 0. The van der Waals surface area contributed by atoms with Crippen molar-refractivity contribution in [3.05, 3.63) is 72.0 Å². The van der Waals surface area contributed by atoms with Crippen molar-refractivity contribution in [2.75, 3.05) is 42.1 Å².